The number of fused-ring (bicyclic) bond motifs is 3. The van der Waals surface area contributed by atoms with Crippen LogP contribution in [0.15, 0.2) is 55.1 Å². The van der Waals surface area contributed by atoms with Crippen molar-refractivity contribution in [3.05, 3.63) is 66.2 Å². The Morgan fingerprint density at radius 2 is 1.93 bits per heavy atom. The molecule has 8 heterocycles. The lowest BCUT2D eigenvalue weighted by atomic mass is 9.87. The molecular formula is C30H32N8O2. The Morgan fingerprint density at radius 1 is 1.05 bits per heavy atom. The molecule has 4 aromatic rings. The van der Waals surface area contributed by atoms with Crippen molar-refractivity contribution in [2.45, 2.75) is 44.0 Å². The molecule has 10 heteroatoms. The molecule has 10 nitrogen and oxygen atoms in total. The maximum absolute atomic E-state index is 10.2. The summed E-state index contributed by atoms with van der Waals surface area (Å²) in [5.74, 6) is 1.62. The van der Waals surface area contributed by atoms with Crippen LogP contribution in [-0.4, -0.2) is 81.1 Å². The number of ether oxygens (including phenoxy) is 1. The van der Waals surface area contributed by atoms with Crippen molar-refractivity contribution in [2.75, 3.05) is 43.1 Å². The zero-order valence-corrected chi connectivity index (χ0v) is 22.5. The molecule has 4 aliphatic rings. The Kier molecular flexibility index (Phi) is 6.25. The minimum Gasteiger partial charge on any atom is -0.481 e. The van der Waals surface area contributed by atoms with Crippen molar-refractivity contribution in [2.24, 2.45) is 0 Å². The minimum absolute atomic E-state index is 0.333. The van der Waals surface area contributed by atoms with E-state index in [0.717, 1.165) is 67.2 Å². The second-order valence-corrected chi connectivity index (χ2v) is 11.1. The summed E-state index contributed by atoms with van der Waals surface area (Å²) in [5.41, 5.74) is 5.37. The standard InChI is InChI=1S/C30H32N8O2/c1-40-29-7-4-20(12-33-29)15-37-24-9-25(37)17-36(16-24)28-6-5-21(13-32-28)27-10-23(35-8-2-3-26(39)19-35)18-38-30(27)22(11-31)14-34-38/h4-7,10,12-14,18,24-26,39H,2-3,8-9,15-17,19H2,1H3. The minimum atomic E-state index is -0.333. The van der Waals surface area contributed by atoms with Crippen LogP contribution in [0.25, 0.3) is 16.6 Å². The first-order chi connectivity index (χ1) is 19.6. The van der Waals surface area contributed by atoms with Crippen LogP contribution in [0.5, 0.6) is 5.88 Å². The van der Waals surface area contributed by atoms with Gasteiger partial charge < -0.3 is 19.6 Å². The van der Waals surface area contributed by atoms with E-state index in [-0.39, 0.29) is 6.10 Å². The van der Waals surface area contributed by atoms with Crippen LogP contribution >= 0.6 is 0 Å². The van der Waals surface area contributed by atoms with Gasteiger partial charge in [0.15, 0.2) is 0 Å². The van der Waals surface area contributed by atoms with Gasteiger partial charge in [-0.25, -0.2) is 14.5 Å². The predicted octanol–water partition coefficient (Wildman–Crippen LogP) is 3.10. The number of nitrogens with zero attached hydrogens (tertiary/aromatic N) is 8. The third-order valence-electron chi connectivity index (χ3n) is 8.58. The molecule has 0 aliphatic carbocycles. The molecular weight excluding hydrogens is 504 g/mol. The smallest absolute Gasteiger partial charge is 0.212 e. The number of rotatable bonds is 6. The van der Waals surface area contributed by atoms with E-state index in [4.69, 9.17) is 9.72 Å². The number of aliphatic hydroxyl groups is 1. The van der Waals surface area contributed by atoms with Crippen LogP contribution in [0.1, 0.15) is 30.4 Å². The van der Waals surface area contributed by atoms with Crippen molar-refractivity contribution in [1.29, 1.82) is 5.26 Å². The van der Waals surface area contributed by atoms with E-state index < -0.39 is 0 Å². The number of piperidine rings is 2. The summed E-state index contributed by atoms with van der Waals surface area (Å²) in [7, 11) is 1.64. The Balaban J connectivity index is 1.11. The third kappa shape index (κ3) is 4.41. The van der Waals surface area contributed by atoms with Gasteiger partial charge in [-0.2, -0.15) is 10.4 Å². The normalized spacial score (nSPS) is 22.7. The fraction of sp³-hybridized carbons (Fsp3) is 0.400. The number of anilines is 2. The van der Waals surface area contributed by atoms with Crippen molar-refractivity contribution in [3.63, 3.8) is 0 Å². The van der Waals surface area contributed by atoms with Crippen molar-refractivity contribution >= 4 is 17.0 Å². The molecule has 1 N–H and O–H groups in total. The molecule has 4 aromatic heterocycles. The highest BCUT2D eigenvalue weighted by Crippen LogP contribution is 2.37. The van der Waals surface area contributed by atoms with Gasteiger partial charge in [-0.3, -0.25) is 4.90 Å². The quantitative estimate of drug-likeness (QED) is 0.398. The highest BCUT2D eigenvalue weighted by Gasteiger charge is 2.44. The van der Waals surface area contributed by atoms with Gasteiger partial charge in [-0.1, -0.05) is 6.07 Å². The van der Waals surface area contributed by atoms with Crippen molar-refractivity contribution in [1.82, 2.24) is 24.5 Å². The number of aromatic nitrogens is 4. The lowest BCUT2D eigenvalue weighted by Crippen LogP contribution is -2.68. The van der Waals surface area contributed by atoms with E-state index in [2.05, 4.69) is 55.1 Å². The Morgan fingerprint density at radius 3 is 2.62 bits per heavy atom. The molecule has 4 saturated heterocycles. The number of aliphatic hydroxyl groups excluding tert-OH is 1. The fourth-order valence-corrected chi connectivity index (χ4v) is 6.47. The predicted molar refractivity (Wildman–Crippen MR) is 151 cm³/mol. The van der Waals surface area contributed by atoms with Crippen LogP contribution in [0.4, 0.5) is 11.5 Å². The summed E-state index contributed by atoms with van der Waals surface area (Å²) in [6.07, 6.45) is 10.0. The van der Waals surface area contributed by atoms with Crippen LogP contribution in [0.2, 0.25) is 0 Å². The number of nitriles is 1. The molecule has 0 aromatic carbocycles. The SMILES string of the molecule is COc1ccc(CN2C3CC2CN(c2ccc(-c4cc(N5CCCC(O)C5)cn5ncc(C#N)c45)cn2)C3)cn1. The monoisotopic (exact) mass is 536 g/mol. The summed E-state index contributed by atoms with van der Waals surface area (Å²) >= 11 is 0. The fourth-order valence-electron chi connectivity index (χ4n) is 6.47. The van der Waals surface area contributed by atoms with E-state index in [9.17, 15) is 10.4 Å². The van der Waals surface area contributed by atoms with Gasteiger partial charge in [0.05, 0.1) is 42.4 Å². The van der Waals surface area contributed by atoms with Crippen molar-refractivity contribution < 1.29 is 9.84 Å². The molecule has 204 valence electrons. The first-order valence-electron chi connectivity index (χ1n) is 13.9. The second kappa shape index (κ2) is 10.1. The molecule has 0 saturated carbocycles. The molecule has 0 radical (unpaired) electrons. The second-order valence-electron chi connectivity index (χ2n) is 11.1. The molecule has 3 unspecified atom stereocenters. The number of pyridine rings is 3. The van der Waals surface area contributed by atoms with Crippen molar-refractivity contribution in [3.8, 4) is 23.1 Å². The van der Waals surface area contributed by atoms with E-state index in [0.29, 0.717) is 30.1 Å². The maximum Gasteiger partial charge on any atom is 0.212 e. The molecule has 8 rings (SSSR count). The summed E-state index contributed by atoms with van der Waals surface area (Å²) in [6, 6.07) is 13.6. The maximum atomic E-state index is 10.2. The molecule has 4 fully saturated rings. The largest absolute Gasteiger partial charge is 0.481 e. The molecule has 3 atom stereocenters. The van der Waals surface area contributed by atoms with E-state index >= 15 is 0 Å². The van der Waals surface area contributed by atoms with Gasteiger partial charge in [0.2, 0.25) is 5.88 Å². The summed E-state index contributed by atoms with van der Waals surface area (Å²) in [6.45, 7) is 4.28. The zero-order valence-electron chi connectivity index (χ0n) is 22.5. The first kappa shape index (κ1) is 24.8. The van der Waals surface area contributed by atoms with Gasteiger partial charge in [0.25, 0.3) is 0 Å². The van der Waals surface area contributed by atoms with E-state index in [1.807, 2.05) is 24.7 Å². The third-order valence-corrected chi connectivity index (χ3v) is 8.58. The lowest BCUT2D eigenvalue weighted by molar-refractivity contribution is -0.00876. The summed E-state index contributed by atoms with van der Waals surface area (Å²) in [4.78, 5) is 16.4. The van der Waals surface area contributed by atoms with Gasteiger partial charge in [-0.15, -0.1) is 0 Å². The molecule has 2 bridgehead atoms. The average Bonchev–Trinajstić information content (AvgIpc) is 3.43. The van der Waals surface area contributed by atoms with Gasteiger partial charge >= 0.3 is 0 Å². The van der Waals surface area contributed by atoms with Gasteiger partial charge in [-0.05, 0) is 43.0 Å². The van der Waals surface area contributed by atoms with E-state index in [1.165, 1.54) is 12.0 Å². The molecule has 40 heavy (non-hydrogen) atoms. The number of hydrogen-bond donors (Lipinski definition) is 1. The topological polar surface area (TPSA) is 106 Å². The number of piperazine rings is 1. The van der Waals surface area contributed by atoms with Crippen LogP contribution in [0.3, 0.4) is 0 Å². The number of hydrogen-bond acceptors (Lipinski definition) is 9. The van der Waals surface area contributed by atoms with Crippen LogP contribution < -0.4 is 14.5 Å². The highest BCUT2D eigenvalue weighted by atomic mass is 16.5. The van der Waals surface area contributed by atoms with Gasteiger partial charge in [0, 0.05) is 74.4 Å². The highest BCUT2D eigenvalue weighted by molar-refractivity contribution is 5.86. The van der Waals surface area contributed by atoms with E-state index in [1.54, 1.807) is 17.8 Å². The Labute approximate surface area is 233 Å². The summed E-state index contributed by atoms with van der Waals surface area (Å²) in [5, 5.41) is 24.4. The zero-order chi connectivity index (χ0) is 27.2. The van der Waals surface area contributed by atoms with Crippen LogP contribution in [-0.2, 0) is 6.54 Å². The summed E-state index contributed by atoms with van der Waals surface area (Å²) < 4.78 is 6.97. The number of methoxy groups -OCH3 is 1. The Hall–Kier alpha value is -4.20. The van der Waals surface area contributed by atoms with Gasteiger partial charge in [0.1, 0.15) is 11.9 Å². The molecule has 4 aliphatic heterocycles. The first-order valence-corrected chi connectivity index (χ1v) is 13.9. The lowest BCUT2D eigenvalue weighted by Gasteiger charge is -2.56. The van der Waals surface area contributed by atoms with Crippen LogP contribution in [0, 0.1) is 11.3 Å². The number of β-amino-alcohol motifs (C(OH)–C–C–N with tert-alkyl or cyclic N) is 1. The Bertz CT molecular complexity index is 1550. The average molecular weight is 537 g/mol. The molecule has 0 amide bonds. The molecule has 0 spiro atoms.